The van der Waals surface area contributed by atoms with Gasteiger partial charge in [-0.25, -0.2) is 0 Å². The van der Waals surface area contributed by atoms with Gasteiger partial charge in [0.15, 0.2) is 5.75 Å². The molecule has 1 aromatic carbocycles. The van der Waals surface area contributed by atoms with Crippen LogP contribution in [0.15, 0.2) is 11.0 Å². The van der Waals surface area contributed by atoms with Gasteiger partial charge in [0.1, 0.15) is 12.0 Å². The summed E-state index contributed by atoms with van der Waals surface area (Å²) in [6.45, 7) is 2.43. The van der Waals surface area contributed by atoms with Crippen LogP contribution in [-0.4, -0.2) is 19.2 Å². The van der Waals surface area contributed by atoms with Crippen LogP contribution < -0.4 is 16.2 Å². The molecule has 0 bridgehead atoms. The highest BCUT2D eigenvalue weighted by atomic mass is 32.2. The predicted molar refractivity (Wildman–Crippen MR) is 62.2 cm³/mol. The van der Waals surface area contributed by atoms with Gasteiger partial charge in [-0.15, -0.1) is 0 Å². The summed E-state index contributed by atoms with van der Waals surface area (Å²) >= 11 is 1.56. The van der Waals surface area contributed by atoms with Crippen LogP contribution in [0, 0.1) is 6.92 Å². The summed E-state index contributed by atoms with van der Waals surface area (Å²) in [5.41, 5.74) is 14.2. The van der Waals surface area contributed by atoms with E-state index < -0.39 is 0 Å². The number of benzene rings is 1. The summed E-state index contributed by atoms with van der Waals surface area (Å²) in [4.78, 5) is 0.894. The lowest BCUT2D eigenvalue weighted by molar-refractivity contribution is 0.114. The highest BCUT2D eigenvalue weighted by Crippen LogP contribution is 2.45. The second-order valence-corrected chi connectivity index (χ2v) is 4.62. The van der Waals surface area contributed by atoms with Crippen molar-refractivity contribution in [2.75, 3.05) is 25.2 Å². The third-order valence-corrected chi connectivity index (χ3v) is 3.62. The quantitative estimate of drug-likeness (QED) is 0.712. The van der Waals surface area contributed by atoms with Gasteiger partial charge in [0, 0.05) is 7.11 Å². The molecule has 0 amide bonds. The van der Waals surface area contributed by atoms with Crippen molar-refractivity contribution in [3.05, 3.63) is 11.6 Å². The summed E-state index contributed by atoms with van der Waals surface area (Å²) < 4.78 is 10.8. The third-order valence-electron chi connectivity index (χ3n) is 2.39. The van der Waals surface area contributed by atoms with Crippen LogP contribution in [0.25, 0.3) is 0 Å². The number of rotatable bonds is 1. The van der Waals surface area contributed by atoms with Crippen LogP contribution in [-0.2, 0) is 4.74 Å². The predicted octanol–water partition coefficient (Wildman–Crippen LogP) is 1.62. The maximum atomic E-state index is 5.98. The Hall–Kier alpha value is -1.07. The molecule has 1 atom stereocenters. The van der Waals surface area contributed by atoms with Crippen LogP contribution in [0.1, 0.15) is 5.56 Å². The van der Waals surface area contributed by atoms with E-state index >= 15 is 0 Å². The van der Waals surface area contributed by atoms with E-state index in [4.69, 9.17) is 20.9 Å². The molecule has 0 saturated carbocycles. The van der Waals surface area contributed by atoms with Crippen LogP contribution in [0.5, 0.6) is 5.75 Å². The molecule has 4 N–H and O–H groups in total. The molecule has 82 valence electrons. The van der Waals surface area contributed by atoms with E-state index in [2.05, 4.69) is 0 Å². The minimum atomic E-state index is -0.0130. The summed E-state index contributed by atoms with van der Waals surface area (Å²) in [7, 11) is 1.65. The van der Waals surface area contributed by atoms with E-state index in [0.717, 1.165) is 16.1 Å². The maximum absolute atomic E-state index is 5.98. The van der Waals surface area contributed by atoms with Gasteiger partial charge in [-0.2, -0.15) is 0 Å². The van der Waals surface area contributed by atoms with Crippen molar-refractivity contribution in [1.82, 2.24) is 0 Å². The Bertz CT molecular complexity index is 395. The summed E-state index contributed by atoms with van der Waals surface area (Å²) in [6.07, 6.45) is 0. The standard InChI is InChI=1S/C10H14N2O2S/c1-5-3-6(11)9-10(8(5)12)15-7(13-2)4-14-9/h3,7H,4,11-12H2,1-2H3. The largest absolute Gasteiger partial charge is 0.487 e. The SMILES string of the molecule is COC1COc2c(N)cc(C)c(N)c2S1. The average Bonchev–Trinajstić information content (AvgIpc) is 2.25. The van der Waals surface area contributed by atoms with Crippen molar-refractivity contribution in [1.29, 1.82) is 0 Å². The third kappa shape index (κ3) is 1.72. The Morgan fingerprint density at radius 2 is 2.27 bits per heavy atom. The molecule has 1 aliphatic heterocycles. The number of fused-ring (bicyclic) bond motifs is 1. The average molecular weight is 226 g/mol. The van der Waals surface area contributed by atoms with Gasteiger partial charge in [-0.05, 0) is 18.6 Å². The molecular formula is C10H14N2O2S. The lowest BCUT2D eigenvalue weighted by Crippen LogP contribution is -2.22. The highest BCUT2D eigenvalue weighted by molar-refractivity contribution is 8.00. The van der Waals surface area contributed by atoms with Gasteiger partial charge in [0.2, 0.25) is 0 Å². The van der Waals surface area contributed by atoms with Gasteiger partial charge in [-0.3, -0.25) is 0 Å². The zero-order valence-corrected chi connectivity index (χ0v) is 9.56. The van der Waals surface area contributed by atoms with E-state index in [1.165, 1.54) is 0 Å². The number of hydrogen-bond acceptors (Lipinski definition) is 5. The van der Waals surface area contributed by atoms with E-state index in [0.29, 0.717) is 18.0 Å². The molecule has 0 radical (unpaired) electrons. The highest BCUT2D eigenvalue weighted by Gasteiger charge is 2.25. The Morgan fingerprint density at radius 1 is 1.53 bits per heavy atom. The maximum Gasteiger partial charge on any atom is 0.158 e. The number of nitrogens with two attached hydrogens (primary N) is 2. The van der Waals surface area contributed by atoms with Crippen molar-refractivity contribution in [2.24, 2.45) is 0 Å². The number of ether oxygens (including phenoxy) is 2. The molecule has 0 spiro atoms. The molecule has 0 saturated heterocycles. The molecule has 0 fully saturated rings. The molecule has 0 aliphatic carbocycles. The molecule has 1 unspecified atom stereocenters. The zero-order chi connectivity index (χ0) is 11.0. The lowest BCUT2D eigenvalue weighted by Gasteiger charge is -2.26. The fourth-order valence-corrected chi connectivity index (χ4v) is 2.57. The number of thioether (sulfide) groups is 1. The number of hydrogen-bond donors (Lipinski definition) is 2. The van der Waals surface area contributed by atoms with Crippen LogP contribution in [0.3, 0.4) is 0 Å². The monoisotopic (exact) mass is 226 g/mol. The van der Waals surface area contributed by atoms with Crippen molar-refractivity contribution < 1.29 is 9.47 Å². The fourth-order valence-electron chi connectivity index (χ4n) is 1.51. The molecule has 5 heteroatoms. The van der Waals surface area contributed by atoms with E-state index in [9.17, 15) is 0 Å². The molecular weight excluding hydrogens is 212 g/mol. The first-order valence-corrected chi connectivity index (χ1v) is 5.52. The van der Waals surface area contributed by atoms with Crippen LogP contribution >= 0.6 is 11.8 Å². The topological polar surface area (TPSA) is 70.5 Å². The molecule has 1 aliphatic rings. The molecule has 4 nitrogen and oxygen atoms in total. The van der Waals surface area contributed by atoms with Gasteiger partial charge in [0.25, 0.3) is 0 Å². The fraction of sp³-hybridized carbons (Fsp3) is 0.400. The number of anilines is 2. The van der Waals surface area contributed by atoms with Crippen LogP contribution in [0.2, 0.25) is 0 Å². The van der Waals surface area contributed by atoms with Crippen molar-refractivity contribution in [3.63, 3.8) is 0 Å². The summed E-state index contributed by atoms with van der Waals surface area (Å²) in [5, 5.41) is 0. The molecule has 0 aromatic heterocycles. The lowest BCUT2D eigenvalue weighted by atomic mass is 10.1. The number of aryl methyl sites for hydroxylation is 1. The Morgan fingerprint density at radius 3 is 2.93 bits per heavy atom. The van der Waals surface area contributed by atoms with E-state index in [1.807, 2.05) is 13.0 Å². The smallest absolute Gasteiger partial charge is 0.158 e. The first kappa shape index (κ1) is 10.4. The minimum Gasteiger partial charge on any atom is -0.487 e. The number of nitrogen functional groups attached to an aromatic ring is 2. The first-order valence-electron chi connectivity index (χ1n) is 4.64. The van der Waals surface area contributed by atoms with Crippen molar-refractivity contribution >= 4 is 23.1 Å². The van der Waals surface area contributed by atoms with Gasteiger partial charge >= 0.3 is 0 Å². The van der Waals surface area contributed by atoms with Crippen molar-refractivity contribution in [3.8, 4) is 5.75 Å². The normalized spacial score (nSPS) is 19.5. The van der Waals surface area contributed by atoms with Gasteiger partial charge < -0.3 is 20.9 Å². The molecule has 15 heavy (non-hydrogen) atoms. The molecule has 1 aromatic rings. The minimum absolute atomic E-state index is 0.0130. The number of methoxy groups -OCH3 is 1. The van der Waals surface area contributed by atoms with Crippen molar-refractivity contribution in [2.45, 2.75) is 17.3 Å². The molecule has 1 heterocycles. The second kappa shape index (κ2) is 3.83. The Balaban J connectivity index is 2.48. The Kier molecular flexibility index (Phi) is 2.67. The first-order chi connectivity index (χ1) is 7.13. The van der Waals surface area contributed by atoms with Gasteiger partial charge in [-0.1, -0.05) is 11.8 Å². The summed E-state index contributed by atoms with van der Waals surface area (Å²) in [6, 6.07) is 1.84. The Labute approximate surface area is 92.9 Å². The molecule has 2 rings (SSSR count). The zero-order valence-electron chi connectivity index (χ0n) is 8.74. The second-order valence-electron chi connectivity index (χ2n) is 3.45. The van der Waals surface area contributed by atoms with E-state index in [-0.39, 0.29) is 5.44 Å². The van der Waals surface area contributed by atoms with Gasteiger partial charge in [0.05, 0.1) is 16.3 Å². The summed E-state index contributed by atoms with van der Waals surface area (Å²) in [5.74, 6) is 0.691. The van der Waals surface area contributed by atoms with E-state index in [1.54, 1.807) is 18.9 Å². The van der Waals surface area contributed by atoms with Crippen LogP contribution in [0.4, 0.5) is 11.4 Å².